The van der Waals surface area contributed by atoms with E-state index in [2.05, 4.69) is 20.1 Å². The van der Waals surface area contributed by atoms with E-state index in [-0.39, 0.29) is 12.0 Å². The fraction of sp³-hybridized carbons (Fsp3) is 0.571. The fourth-order valence-electron chi connectivity index (χ4n) is 4.09. The molecule has 1 aromatic carbocycles. The van der Waals surface area contributed by atoms with Crippen LogP contribution in [-0.2, 0) is 13.1 Å². The van der Waals surface area contributed by atoms with Gasteiger partial charge in [-0.1, -0.05) is 0 Å². The number of aromatic nitrogens is 3. The molecule has 29 heavy (non-hydrogen) atoms. The van der Waals surface area contributed by atoms with Crippen LogP contribution in [0.4, 0.5) is 0 Å². The minimum absolute atomic E-state index is 0.0327. The van der Waals surface area contributed by atoms with Gasteiger partial charge in [0.05, 0.1) is 19.8 Å². The number of carbonyl (C=O) groups excluding carboxylic acids is 1. The third kappa shape index (κ3) is 4.07. The summed E-state index contributed by atoms with van der Waals surface area (Å²) in [5.41, 5.74) is 0.627. The minimum atomic E-state index is 0.0327. The van der Waals surface area contributed by atoms with Crippen LogP contribution in [0.25, 0.3) is 0 Å². The SMILES string of the molecule is COc1cc(C(=O)N2CCC(c3nnc4n3CCNC4)CC2)ccc1OC(C)C. The van der Waals surface area contributed by atoms with Crippen LogP contribution in [0.2, 0.25) is 0 Å². The highest BCUT2D eigenvalue weighted by molar-refractivity contribution is 5.95. The first-order chi connectivity index (χ1) is 14.1. The van der Waals surface area contributed by atoms with Crippen molar-refractivity contribution in [3.05, 3.63) is 35.4 Å². The Kier molecular flexibility index (Phi) is 5.71. The maximum atomic E-state index is 13.0. The molecule has 0 bridgehead atoms. The summed E-state index contributed by atoms with van der Waals surface area (Å²) in [5.74, 6) is 3.72. The highest BCUT2D eigenvalue weighted by Gasteiger charge is 2.29. The van der Waals surface area contributed by atoms with Gasteiger partial charge in [0.1, 0.15) is 11.6 Å². The Bertz CT molecular complexity index is 871. The first kappa shape index (κ1) is 19.7. The Morgan fingerprint density at radius 1 is 1.17 bits per heavy atom. The molecule has 3 heterocycles. The fourth-order valence-corrected chi connectivity index (χ4v) is 4.09. The van der Waals surface area contributed by atoms with Crippen molar-refractivity contribution < 1.29 is 14.3 Å². The zero-order valence-electron chi connectivity index (χ0n) is 17.4. The van der Waals surface area contributed by atoms with E-state index < -0.39 is 0 Å². The van der Waals surface area contributed by atoms with Gasteiger partial charge in [0, 0.05) is 37.7 Å². The molecule has 0 aliphatic carbocycles. The van der Waals surface area contributed by atoms with Gasteiger partial charge in [0.25, 0.3) is 5.91 Å². The third-order valence-corrected chi connectivity index (χ3v) is 5.57. The lowest BCUT2D eigenvalue weighted by molar-refractivity contribution is 0.0709. The van der Waals surface area contributed by atoms with Crippen LogP contribution in [0.3, 0.4) is 0 Å². The van der Waals surface area contributed by atoms with Gasteiger partial charge in [-0.2, -0.15) is 0 Å². The second-order valence-corrected chi connectivity index (χ2v) is 7.90. The van der Waals surface area contributed by atoms with Gasteiger partial charge in [-0.25, -0.2) is 0 Å². The van der Waals surface area contributed by atoms with E-state index in [1.54, 1.807) is 13.2 Å². The molecule has 0 saturated carbocycles. The molecule has 8 nitrogen and oxygen atoms in total. The number of benzene rings is 1. The number of fused-ring (bicyclic) bond motifs is 1. The second kappa shape index (κ2) is 8.41. The first-order valence-electron chi connectivity index (χ1n) is 10.3. The average molecular weight is 399 g/mol. The van der Waals surface area contributed by atoms with Crippen LogP contribution in [0.1, 0.15) is 54.6 Å². The molecule has 0 spiro atoms. The van der Waals surface area contributed by atoms with E-state index in [9.17, 15) is 4.79 Å². The molecule has 8 heteroatoms. The Labute approximate surface area is 171 Å². The normalized spacial score (nSPS) is 17.3. The van der Waals surface area contributed by atoms with E-state index in [4.69, 9.17) is 9.47 Å². The molecule has 4 rings (SSSR count). The molecular weight excluding hydrogens is 370 g/mol. The van der Waals surface area contributed by atoms with Gasteiger partial charge in [-0.3, -0.25) is 4.79 Å². The van der Waals surface area contributed by atoms with E-state index in [1.807, 2.05) is 30.9 Å². The van der Waals surface area contributed by atoms with E-state index in [1.165, 1.54) is 0 Å². The molecule has 0 radical (unpaired) electrons. The van der Waals surface area contributed by atoms with E-state index in [0.29, 0.717) is 23.0 Å². The number of likely N-dealkylation sites (tertiary alicyclic amines) is 1. The summed E-state index contributed by atoms with van der Waals surface area (Å²) in [6, 6.07) is 5.40. The zero-order chi connectivity index (χ0) is 20.4. The van der Waals surface area contributed by atoms with Gasteiger partial charge in [0.2, 0.25) is 0 Å². The molecule has 1 amide bonds. The van der Waals surface area contributed by atoms with Gasteiger partial charge < -0.3 is 24.3 Å². The number of rotatable bonds is 5. The molecule has 0 atom stereocenters. The van der Waals surface area contributed by atoms with Crippen molar-refractivity contribution in [2.45, 2.75) is 51.8 Å². The highest BCUT2D eigenvalue weighted by Crippen LogP contribution is 2.31. The lowest BCUT2D eigenvalue weighted by atomic mass is 9.95. The number of nitrogens with one attached hydrogen (secondary N) is 1. The number of methoxy groups -OCH3 is 1. The standard InChI is InChI=1S/C21H29N5O3/c1-14(2)29-17-5-4-16(12-18(17)28-3)21(27)25-9-6-15(7-10-25)20-24-23-19-13-22-8-11-26(19)20/h4-5,12,14-15,22H,6-11,13H2,1-3H3. The average Bonchev–Trinajstić information content (AvgIpc) is 3.17. The zero-order valence-corrected chi connectivity index (χ0v) is 17.4. The van der Waals surface area contributed by atoms with Crippen molar-refractivity contribution in [3.8, 4) is 11.5 Å². The van der Waals surface area contributed by atoms with E-state index >= 15 is 0 Å². The number of hydrogen-bond donors (Lipinski definition) is 1. The summed E-state index contributed by atoms with van der Waals surface area (Å²) in [5, 5.41) is 12.1. The van der Waals surface area contributed by atoms with Crippen molar-refractivity contribution in [3.63, 3.8) is 0 Å². The Morgan fingerprint density at radius 2 is 1.97 bits per heavy atom. The molecule has 1 N–H and O–H groups in total. The van der Waals surface area contributed by atoms with Crippen molar-refractivity contribution in [2.75, 3.05) is 26.7 Å². The summed E-state index contributed by atoms with van der Waals surface area (Å²) < 4.78 is 13.4. The Morgan fingerprint density at radius 3 is 2.69 bits per heavy atom. The molecule has 1 aromatic heterocycles. The van der Waals surface area contributed by atoms with Gasteiger partial charge in [0.15, 0.2) is 11.5 Å². The van der Waals surface area contributed by atoms with E-state index in [0.717, 1.165) is 57.2 Å². The van der Waals surface area contributed by atoms with Crippen molar-refractivity contribution >= 4 is 5.91 Å². The largest absolute Gasteiger partial charge is 0.493 e. The predicted octanol–water partition coefficient (Wildman–Crippen LogP) is 2.20. The third-order valence-electron chi connectivity index (χ3n) is 5.57. The number of ether oxygens (including phenoxy) is 2. The lowest BCUT2D eigenvalue weighted by Crippen LogP contribution is -2.39. The molecule has 1 saturated heterocycles. The number of piperidine rings is 1. The second-order valence-electron chi connectivity index (χ2n) is 7.90. The minimum Gasteiger partial charge on any atom is -0.493 e. The van der Waals surface area contributed by atoms with Crippen LogP contribution < -0.4 is 14.8 Å². The maximum Gasteiger partial charge on any atom is 0.253 e. The Hall–Kier alpha value is -2.61. The Balaban J connectivity index is 1.42. The molecular formula is C21H29N5O3. The van der Waals surface area contributed by atoms with Crippen LogP contribution >= 0.6 is 0 Å². The summed E-state index contributed by atoms with van der Waals surface area (Å²) >= 11 is 0. The molecule has 2 aromatic rings. The monoisotopic (exact) mass is 399 g/mol. The maximum absolute atomic E-state index is 13.0. The molecule has 0 unspecified atom stereocenters. The summed E-state index contributed by atoms with van der Waals surface area (Å²) in [7, 11) is 1.59. The predicted molar refractivity (Wildman–Crippen MR) is 108 cm³/mol. The summed E-state index contributed by atoms with van der Waals surface area (Å²) in [4.78, 5) is 14.9. The van der Waals surface area contributed by atoms with Crippen LogP contribution in [0.15, 0.2) is 18.2 Å². The molecule has 156 valence electrons. The number of amides is 1. The molecule has 2 aliphatic rings. The number of carbonyl (C=O) groups is 1. The van der Waals surface area contributed by atoms with Crippen LogP contribution in [0, 0.1) is 0 Å². The van der Waals surface area contributed by atoms with Crippen molar-refractivity contribution in [2.24, 2.45) is 0 Å². The van der Waals surface area contributed by atoms with Crippen molar-refractivity contribution in [1.29, 1.82) is 0 Å². The van der Waals surface area contributed by atoms with Crippen LogP contribution in [-0.4, -0.2) is 58.4 Å². The highest BCUT2D eigenvalue weighted by atomic mass is 16.5. The van der Waals surface area contributed by atoms with Crippen molar-refractivity contribution in [1.82, 2.24) is 25.0 Å². The quantitative estimate of drug-likeness (QED) is 0.830. The van der Waals surface area contributed by atoms with Gasteiger partial charge in [-0.05, 0) is 44.9 Å². The van der Waals surface area contributed by atoms with Crippen LogP contribution in [0.5, 0.6) is 11.5 Å². The summed E-state index contributed by atoms with van der Waals surface area (Å²) in [6.45, 7) is 8.02. The van der Waals surface area contributed by atoms with Gasteiger partial charge in [-0.15, -0.1) is 10.2 Å². The number of nitrogens with zero attached hydrogens (tertiary/aromatic N) is 4. The smallest absolute Gasteiger partial charge is 0.253 e. The van der Waals surface area contributed by atoms with Gasteiger partial charge >= 0.3 is 0 Å². The topological polar surface area (TPSA) is 81.5 Å². The lowest BCUT2D eigenvalue weighted by Gasteiger charge is -2.32. The summed E-state index contributed by atoms with van der Waals surface area (Å²) in [6.07, 6.45) is 1.86. The molecule has 1 fully saturated rings. The first-order valence-corrected chi connectivity index (χ1v) is 10.3. The number of hydrogen-bond acceptors (Lipinski definition) is 6. The molecule has 2 aliphatic heterocycles.